The van der Waals surface area contributed by atoms with Gasteiger partial charge in [-0.3, -0.25) is 9.59 Å². The maximum absolute atomic E-state index is 12.3. The van der Waals surface area contributed by atoms with E-state index in [4.69, 9.17) is 18.0 Å². The molecule has 0 radical (unpaired) electrons. The van der Waals surface area contributed by atoms with Crippen molar-refractivity contribution in [2.75, 3.05) is 20.1 Å². The van der Waals surface area contributed by atoms with Gasteiger partial charge in [0.15, 0.2) is 0 Å². The topological polar surface area (TPSA) is 75.4 Å². The molecule has 0 saturated carbocycles. The lowest BCUT2D eigenvalue weighted by Crippen LogP contribution is -2.39. The summed E-state index contributed by atoms with van der Waals surface area (Å²) in [7, 11) is 1.54. The largest absolute Gasteiger partial charge is 0.389 e. The first-order valence-electron chi connectivity index (χ1n) is 5.89. The van der Waals surface area contributed by atoms with Gasteiger partial charge in [-0.1, -0.05) is 24.4 Å². The van der Waals surface area contributed by atoms with Crippen molar-refractivity contribution in [3.63, 3.8) is 0 Å². The molecule has 0 aliphatic carbocycles. The summed E-state index contributed by atoms with van der Waals surface area (Å²) in [5, 5.41) is 2.49. The lowest BCUT2D eigenvalue weighted by atomic mass is 10.1. The molecule has 0 fully saturated rings. The van der Waals surface area contributed by atoms with E-state index in [0.29, 0.717) is 17.7 Å². The van der Waals surface area contributed by atoms with Crippen LogP contribution in [-0.2, 0) is 4.79 Å². The quantitative estimate of drug-likeness (QED) is 0.771. The van der Waals surface area contributed by atoms with Crippen LogP contribution in [0, 0.1) is 0 Å². The fourth-order valence-corrected chi connectivity index (χ4v) is 1.69. The molecular weight excluding hydrogens is 262 g/mol. The molecule has 0 bridgehead atoms. The number of likely N-dealkylation sites (N-methyl/N-ethyl adjacent to an activating group) is 2. The van der Waals surface area contributed by atoms with E-state index in [1.54, 1.807) is 24.3 Å². The summed E-state index contributed by atoms with van der Waals surface area (Å²) < 4.78 is 0. The van der Waals surface area contributed by atoms with Gasteiger partial charge in [-0.15, -0.1) is 0 Å². The van der Waals surface area contributed by atoms with Crippen molar-refractivity contribution in [1.29, 1.82) is 0 Å². The molecule has 0 aliphatic rings. The first kappa shape index (κ1) is 15.1. The molecule has 0 atom stereocenters. The van der Waals surface area contributed by atoms with Crippen LogP contribution in [0.15, 0.2) is 24.3 Å². The van der Waals surface area contributed by atoms with Crippen molar-refractivity contribution in [2.45, 2.75) is 6.92 Å². The second-order valence-electron chi connectivity index (χ2n) is 3.94. The van der Waals surface area contributed by atoms with Crippen LogP contribution < -0.4 is 11.1 Å². The van der Waals surface area contributed by atoms with Crippen molar-refractivity contribution in [3.05, 3.63) is 35.4 Å². The number of nitrogens with one attached hydrogen (secondary N) is 1. The highest BCUT2D eigenvalue weighted by molar-refractivity contribution is 7.80. The maximum atomic E-state index is 12.3. The highest BCUT2D eigenvalue weighted by Crippen LogP contribution is 2.08. The number of nitrogens with two attached hydrogens (primary N) is 1. The summed E-state index contributed by atoms with van der Waals surface area (Å²) in [5.74, 6) is -0.426. The minimum absolute atomic E-state index is 0.0309. The molecule has 1 aromatic carbocycles. The number of amides is 2. The molecule has 1 rings (SSSR count). The number of carbonyl (C=O) groups is 2. The number of thiocarbonyl (C=S) groups is 1. The number of rotatable bonds is 5. The summed E-state index contributed by atoms with van der Waals surface area (Å²) in [6.45, 7) is 2.30. The van der Waals surface area contributed by atoms with Crippen LogP contribution in [0.2, 0.25) is 0 Å². The summed E-state index contributed by atoms with van der Waals surface area (Å²) >= 11 is 4.88. The number of nitrogens with zero attached hydrogens (tertiary/aromatic N) is 1. The van der Waals surface area contributed by atoms with Gasteiger partial charge in [0.05, 0.1) is 6.54 Å². The Labute approximate surface area is 117 Å². The molecular formula is C13H17N3O2S. The predicted molar refractivity (Wildman–Crippen MR) is 78.0 cm³/mol. The predicted octanol–water partition coefficient (Wildman–Crippen LogP) is 0.529. The first-order valence-corrected chi connectivity index (χ1v) is 6.30. The van der Waals surface area contributed by atoms with E-state index < -0.39 is 0 Å². The van der Waals surface area contributed by atoms with E-state index in [-0.39, 0.29) is 23.3 Å². The third-order valence-electron chi connectivity index (χ3n) is 2.68. The van der Waals surface area contributed by atoms with Crippen LogP contribution >= 0.6 is 12.2 Å². The van der Waals surface area contributed by atoms with Crippen LogP contribution in [0.1, 0.15) is 22.8 Å². The minimum atomic E-state index is -0.218. The van der Waals surface area contributed by atoms with Gasteiger partial charge in [-0.05, 0) is 19.1 Å². The van der Waals surface area contributed by atoms with Gasteiger partial charge in [0, 0.05) is 24.7 Å². The van der Waals surface area contributed by atoms with E-state index in [1.165, 1.54) is 11.9 Å². The molecule has 6 heteroatoms. The van der Waals surface area contributed by atoms with Crippen LogP contribution in [0.3, 0.4) is 0 Å². The lowest BCUT2D eigenvalue weighted by Gasteiger charge is -2.20. The normalized spacial score (nSPS) is 9.79. The van der Waals surface area contributed by atoms with Gasteiger partial charge >= 0.3 is 0 Å². The zero-order valence-corrected chi connectivity index (χ0v) is 11.8. The molecule has 5 nitrogen and oxygen atoms in total. The van der Waals surface area contributed by atoms with Crippen molar-refractivity contribution in [3.8, 4) is 0 Å². The Kier molecular flexibility index (Phi) is 5.44. The van der Waals surface area contributed by atoms with Crippen molar-refractivity contribution in [2.24, 2.45) is 5.73 Å². The number of benzene rings is 1. The molecule has 1 aromatic rings. The number of hydrogen-bond acceptors (Lipinski definition) is 3. The summed E-state index contributed by atoms with van der Waals surface area (Å²) in [6, 6.07) is 6.78. The Morgan fingerprint density at radius 2 is 2.00 bits per heavy atom. The average molecular weight is 279 g/mol. The second-order valence-corrected chi connectivity index (χ2v) is 4.38. The van der Waals surface area contributed by atoms with E-state index in [0.717, 1.165) is 0 Å². The summed E-state index contributed by atoms with van der Waals surface area (Å²) in [4.78, 5) is 25.3. The van der Waals surface area contributed by atoms with E-state index >= 15 is 0 Å². The zero-order valence-electron chi connectivity index (χ0n) is 11.0. The van der Waals surface area contributed by atoms with Gasteiger partial charge in [-0.2, -0.15) is 0 Å². The van der Waals surface area contributed by atoms with Crippen LogP contribution in [0.5, 0.6) is 0 Å². The van der Waals surface area contributed by atoms with E-state index in [1.807, 2.05) is 6.92 Å². The Balaban J connectivity index is 2.94. The Morgan fingerprint density at radius 1 is 1.37 bits per heavy atom. The third kappa shape index (κ3) is 4.03. The Morgan fingerprint density at radius 3 is 2.53 bits per heavy atom. The smallest absolute Gasteiger partial charge is 0.254 e. The van der Waals surface area contributed by atoms with Gasteiger partial charge in [-0.25, -0.2) is 0 Å². The summed E-state index contributed by atoms with van der Waals surface area (Å²) in [5.41, 5.74) is 6.64. The van der Waals surface area contributed by atoms with Crippen molar-refractivity contribution in [1.82, 2.24) is 10.2 Å². The van der Waals surface area contributed by atoms with Gasteiger partial charge < -0.3 is 16.0 Å². The van der Waals surface area contributed by atoms with Crippen molar-refractivity contribution >= 4 is 29.0 Å². The molecule has 102 valence electrons. The number of carbonyl (C=O) groups excluding carboxylic acids is 2. The fourth-order valence-electron chi connectivity index (χ4n) is 1.57. The SMILES string of the molecule is CCN(CC(=O)NC)C(=O)c1cccc(C(N)=S)c1. The lowest BCUT2D eigenvalue weighted by molar-refractivity contribution is -0.121. The van der Waals surface area contributed by atoms with Crippen molar-refractivity contribution < 1.29 is 9.59 Å². The molecule has 19 heavy (non-hydrogen) atoms. The highest BCUT2D eigenvalue weighted by Gasteiger charge is 2.17. The Hall–Kier alpha value is -1.95. The highest BCUT2D eigenvalue weighted by atomic mass is 32.1. The van der Waals surface area contributed by atoms with Crippen LogP contribution in [0.4, 0.5) is 0 Å². The molecule has 0 unspecified atom stereocenters. The maximum Gasteiger partial charge on any atom is 0.254 e. The van der Waals surface area contributed by atoms with Gasteiger partial charge in [0.2, 0.25) is 5.91 Å². The third-order valence-corrected chi connectivity index (χ3v) is 2.91. The fraction of sp³-hybridized carbons (Fsp3) is 0.308. The molecule has 0 aliphatic heterocycles. The number of hydrogen-bond donors (Lipinski definition) is 2. The van der Waals surface area contributed by atoms with Gasteiger partial charge in [0.1, 0.15) is 4.99 Å². The second kappa shape index (κ2) is 6.84. The summed E-state index contributed by atoms with van der Waals surface area (Å²) in [6.07, 6.45) is 0. The zero-order chi connectivity index (χ0) is 14.4. The van der Waals surface area contributed by atoms with Crippen LogP contribution in [0.25, 0.3) is 0 Å². The van der Waals surface area contributed by atoms with E-state index in [2.05, 4.69) is 5.32 Å². The molecule has 2 amide bonds. The van der Waals surface area contributed by atoms with E-state index in [9.17, 15) is 9.59 Å². The molecule has 0 spiro atoms. The average Bonchev–Trinajstić information content (AvgIpc) is 2.43. The standard InChI is InChI=1S/C13H17N3O2S/c1-3-16(8-11(17)15-2)13(18)10-6-4-5-9(7-10)12(14)19/h4-7H,3,8H2,1-2H3,(H2,14,19)(H,15,17). The molecule has 0 saturated heterocycles. The minimum Gasteiger partial charge on any atom is -0.389 e. The Bertz CT molecular complexity index is 502. The first-order chi connectivity index (χ1) is 8.99. The van der Waals surface area contributed by atoms with Crippen LogP contribution in [-0.4, -0.2) is 41.8 Å². The molecule has 0 heterocycles. The molecule has 0 aromatic heterocycles. The van der Waals surface area contributed by atoms with Gasteiger partial charge in [0.25, 0.3) is 5.91 Å². The monoisotopic (exact) mass is 279 g/mol. The molecule has 3 N–H and O–H groups in total.